The van der Waals surface area contributed by atoms with Crippen molar-refractivity contribution in [2.24, 2.45) is 5.92 Å². The molecule has 5 N–H and O–H groups in total. The van der Waals surface area contributed by atoms with E-state index in [-0.39, 0.29) is 37.5 Å². The highest BCUT2D eigenvalue weighted by Gasteiger charge is 2.32. The van der Waals surface area contributed by atoms with Gasteiger partial charge in [0.2, 0.25) is 29.5 Å². The Hall–Kier alpha value is -3.25. The molecule has 0 radical (unpaired) electrons. The highest BCUT2D eigenvalue weighted by atomic mass is 33.1. The molecule has 5 amide bonds. The number of nitrogens with one attached hydrogen (secondary N) is 5. The molecular weight excluding hydrogens is 548 g/mol. The van der Waals surface area contributed by atoms with Crippen LogP contribution in [0.4, 0.5) is 0 Å². The number of hydrogen-bond acceptors (Lipinski definition) is 10. The summed E-state index contributed by atoms with van der Waals surface area (Å²) in [7, 11) is 2.84. The van der Waals surface area contributed by atoms with E-state index in [1.165, 1.54) is 21.6 Å². The van der Waals surface area contributed by atoms with E-state index < -0.39 is 66.3 Å². The average Bonchev–Trinajstić information content (AvgIpc) is 2.88. The van der Waals surface area contributed by atoms with Crippen LogP contribution in [0.5, 0.6) is 0 Å². The van der Waals surface area contributed by atoms with Gasteiger partial charge in [0.25, 0.3) is 0 Å². The first-order chi connectivity index (χ1) is 18.6. The van der Waals surface area contributed by atoms with Gasteiger partial charge in [0.05, 0.1) is 12.5 Å². The van der Waals surface area contributed by atoms with Crippen molar-refractivity contribution >= 4 is 57.1 Å². The average molecular weight is 583 g/mol. The van der Waals surface area contributed by atoms with Crippen LogP contribution in [0.15, 0.2) is 12.2 Å². The molecule has 0 aromatic rings. The molecule has 0 spiro atoms. The maximum absolute atomic E-state index is 13.3. The molecule has 1 saturated heterocycles. The van der Waals surface area contributed by atoms with Crippen molar-refractivity contribution in [2.75, 3.05) is 24.6 Å². The summed E-state index contributed by atoms with van der Waals surface area (Å²) in [6.45, 7) is 2.79. The summed E-state index contributed by atoms with van der Waals surface area (Å²) in [4.78, 5) is 76.7. The van der Waals surface area contributed by atoms with E-state index in [1.807, 2.05) is 0 Å². The van der Waals surface area contributed by atoms with Gasteiger partial charge >= 0.3 is 5.97 Å². The lowest BCUT2D eigenvalue weighted by Gasteiger charge is -2.27. The molecular formula is C24H34N6O7S2. The van der Waals surface area contributed by atoms with Crippen LogP contribution in [0.3, 0.4) is 0 Å². The fraction of sp³-hybridized carbons (Fsp3) is 0.625. The van der Waals surface area contributed by atoms with Crippen LogP contribution >= 0.6 is 21.6 Å². The SMILES string of the molecule is CC(C)[C@H]1NC(=O)[C@H]2CSSCC/C=C/[C@H](CC(=O)N[C@H](CCC(=O)NCC#N)C(=O)N2)OC(=O)CNC1=O. The van der Waals surface area contributed by atoms with E-state index in [2.05, 4.69) is 26.6 Å². The Balaban J connectivity index is 2.42. The van der Waals surface area contributed by atoms with Gasteiger partial charge in [-0.2, -0.15) is 5.26 Å². The number of hydrogen-bond donors (Lipinski definition) is 5. The number of esters is 1. The van der Waals surface area contributed by atoms with Crippen LogP contribution in [0, 0.1) is 17.2 Å². The van der Waals surface area contributed by atoms with Crippen LogP contribution in [0.1, 0.15) is 39.5 Å². The number of nitrogens with zero attached hydrogens (tertiary/aromatic N) is 1. The maximum atomic E-state index is 13.3. The number of fused-ring (bicyclic) bond motifs is 7. The van der Waals surface area contributed by atoms with Gasteiger partial charge in [-0.1, -0.05) is 41.5 Å². The normalized spacial score (nSPS) is 26.6. The van der Waals surface area contributed by atoms with Gasteiger partial charge in [0, 0.05) is 17.9 Å². The summed E-state index contributed by atoms with van der Waals surface area (Å²) in [5, 5.41) is 21.4. The largest absolute Gasteiger partial charge is 0.456 e. The van der Waals surface area contributed by atoms with Gasteiger partial charge in [-0.15, -0.1) is 0 Å². The van der Waals surface area contributed by atoms with Crippen molar-refractivity contribution in [3.63, 3.8) is 0 Å². The van der Waals surface area contributed by atoms with Gasteiger partial charge in [0.15, 0.2) is 0 Å². The summed E-state index contributed by atoms with van der Waals surface area (Å²) < 4.78 is 5.41. The lowest BCUT2D eigenvalue weighted by Crippen LogP contribution is -2.59. The number of allylic oxidation sites excluding steroid dienone is 1. The Morgan fingerprint density at radius 1 is 1.13 bits per heavy atom. The van der Waals surface area contributed by atoms with Crippen molar-refractivity contribution in [1.29, 1.82) is 5.26 Å². The lowest BCUT2D eigenvalue weighted by atomic mass is 10.0. The number of carbonyl (C=O) groups is 6. The van der Waals surface area contributed by atoms with Crippen molar-refractivity contribution < 1.29 is 33.5 Å². The zero-order valence-corrected chi connectivity index (χ0v) is 23.5. The minimum Gasteiger partial charge on any atom is -0.456 e. The first-order valence-corrected chi connectivity index (χ1v) is 15.0. The monoisotopic (exact) mass is 582 g/mol. The van der Waals surface area contributed by atoms with Gasteiger partial charge in [-0.3, -0.25) is 28.8 Å². The molecule has 39 heavy (non-hydrogen) atoms. The predicted molar refractivity (Wildman–Crippen MR) is 145 cm³/mol. The minimum atomic E-state index is -1.19. The number of ether oxygens (including phenoxy) is 1. The van der Waals surface area contributed by atoms with E-state index in [0.717, 1.165) is 0 Å². The number of rotatable bonds is 5. The molecule has 0 aromatic carbocycles. The molecule has 2 aliphatic rings. The van der Waals surface area contributed by atoms with E-state index in [4.69, 9.17) is 10.00 Å². The Kier molecular flexibility index (Phi) is 13.7. The van der Waals surface area contributed by atoms with E-state index >= 15 is 0 Å². The third-order valence-electron chi connectivity index (χ3n) is 5.67. The quantitative estimate of drug-likeness (QED) is 0.120. The van der Waals surface area contributed by atoms with E-state index in [0.29, 0.717) is 12.2 Å². The first-order valence-electron chi connectivity index (χ1n) is 12.5. The number of carbonyl (C=O) groups excluding carboxylic acids is 6. The van der Waals surface area contributed by atoms with Gasteiger partial charge in [-0.05, 0) is 24.8 Å². The van der Waals surface area contributed by atoms with Gasteiger partial charge in [-0.25, -0.2) is 0 Å². The number of amides is 5. The molecule has 2 bridgehead atoms. The maximum Gasteiger partial charge on any atom is 0.326 e. The molecule has 1 fully saturated rings. The second-order valence-corrected chi connectivity index (χ2v) is 11.8. The molecule has 214 valence electrons. The fourth-order valence-corrected chi connectivity index (χ4v) is 5.78. The fourth-order valence-electron chi connectivity index (χ4n) is 3.62. The van der Waals surface area contributed by atoms with Crippen LogP contribution in [0.2, 0.25) is 0 Å². The van der Waals surface area contributed by atoms with Gasteiger partial charge < -0.3 is 31.3 Å². The van der Waals surface area contributed by atoms with Crippen molar-refractivity contribution in [1.82, 2.24) is 26.6 Å². The molecule has 2 heterocycles. The molecule has 15 heteroatoms. The Labute approximate surface area is 234 Å². The highest BCUT2D eigenvalue weighted by molar-refractivity contribution is 8.76. The molecule has 0 aliphatic carbocycles. The second kappa shape index (κ2) is 16.7. The lowest BCUT2D eigenvalue weighted by molar-refractivity contribution is -0.148. The van der Waals surface area contributed by atoms with Crippen LogP contribution in [-0.4, -0.2) is 84.3 Å². The minimum absolute atomic E-state index is 0.109. The van der Waals surface area contributed by atoms with Crippen molar-refractivity contribution in [2.45, 2.75) is 63.8 Å². The standard InChI is InChI=1S/C24H34N6O7S2/c1-14(2)21-24(36)27-12-20(33)37-15-5-3-4-10-38-39-13-17(23(35)30-21)29-22(34)16(28-19(32)11-15)6-7-18(31)26-9-8-25/h3,5,14-17,21H,4,6-7,9-13H2,1-2H3,(H,26,31)(H,27,36)(H,28,32)(H,29,34)(H,30,35)/b5-3+/t15-,16-,17-,21-/m1/s1. The molecule has 0 unspecified atom stereocenters. The predicted octanol–water partition coefficient (Wildman–Crippen LogP) is -0.710. The van der Waals surface area contributed by atoms with Crippen LogP contribution in [-0.2, 0) is 33.5 Å². The summed E-state index contributed by atoms with van der Waals surface area (Å²) in [6, 6.07) is -1.45. The summed E-state index contributed by atoms with van der Waals surface area (Å²) >= 11 is 0. The van der Waals surface area contributed by atoms with Crippen molar-refractivity contribution in [3.8, 4) is 6.07 Å². The van der Waals surface area contributed by atoms with Gasteiger partial charge in [0.1, 0.15) is 37.3 Å². The zero-order valence-electron chi connectivity index (χ0n) is 21.8. The van der Waals surface area contributed by atoms with Crippen molar-refractivity contribution in [3.05, 3.63) is 12.2 Å². The third kappa shape index (κ3) is 11.6. The van der Waals surface area contributed by atoms with E-state index in [1.54, 1.807) is 32.1 Å². The molecule has 4 atom stereocenters. The third-order valence-corrected chi connectivity index (χ3v) is 8.12. The Bertz CT molecular complexity index is 1000. The summed E-state index contributed by atoms with van der Waals surface area (Å²) in [5.74, 6) is -3.28. The Morgan fingerprint density at radius 2 is 1.90 bits per heavy atom. The smallest absolute Gasteiger partial charge is 0.326 e. The highest BCUT2D eigenvalue weighted by Crippen LogP contribution is 2.23. The van der Waals surface area contributed by atoms with Crippen LogP contribution in [0.25, 0.3) is 0 Å². The Morgan fingerprint density at radius 3 is 2.62 bits per heavy atom. The molecule has 0 saturated carbocycles. The van der Waals surface area contributed by atoms with Crippen LogP contribution < -0.4 is 26.6 Å². The first kappa shape index (κ1) is 32.0. The summed E-state index contributed by atoms with van der Waals surface area (Å²) in [6.07, 6.45) is 2.41. The molecule has 0 aromatic heterocycles. The molecule has 2 aliphatic heterocycles. The summed E-state index contributed by atoms with van der Waals surface area (Å²) in [5.41, 5.74) is 0. The topological polar surface area (TPSA) is 196 Å². The zero-order chi connectivity index (χ0) is 28.8. The van der Waals surface area contributed by atoms with E-state index in [9.17, 15) is 28.8 Å². The molecule has 13 nitrogen and oxygen atoms in total. The molecule has 2 rings (SSSR count). The number of nitriles is 1. The second-order valence-electron chi connectivity index (χ2n) is 9.16.